The highest BCUT2D eigenvalue weighted by Crippen LogP contribution is 2.26. The summed E-state index contributed by atoms with van der Waals surface area (Å²) >= 11 is 0. The molecule has 0 aliphatic rings. The van der Waals surface area contributed by atoms with Gasteiger partial charge in [-0.2, -0.15) is 0 Å². The lowest BCUT2D eigenvalue weighted by molar-refractivity contribution is 0.449. The number of rotatable bonds is 3. The van der Waals surface area contributed by atoms with Crippen LogP contribution in [0.4, 0.5) is 18.9 Å². The van der Waals surface area contributed by atoms with Crippen molar-refractivity contribution in [3.63, 3.8) is 0 Å². The third kappa shape index (κ3) is 3.67. The van der Waals surface area contributed by atoms with Crippen LogP contribution >= 0.6 is 0 Å². The van der Waals surface area contributed by atoms with Gasteiger partial charge in [-0.25, -0.2) is 21.6 Å². The number of hydrogen-bond acceptors (Lipinski definition) is 2. The van der Waals surface area contributed by atoms with Gasteiger partial charge in [0, 0.05) is 0 Å². The summed E-state index contributed by atoms with van der Waals surface area (Å²) in [7, 11) is -4.11. The van der Waals surface area contributed by atoms with Crippen LogP contribution in [0.2, 0.25) is 0 Å². The minimum atomic E-state index is -4.11. The van der Waals surface area contributed by atoms with Gasteiger partial charge < -0.3 is 0 Å². The predicted octanol–water partition coefficient (Wildman–Crippen LogP) is 4.20. The summed E-state index contributed by atoms with van der Waals surface area (Å²) in [6, 6.07) is 7.53. The quantitative estimate of drug-likeness (QED) is 0.849. The van der Waals surface area contributed by atoms with Crippen LogP contribution in [0, 0.1) is 17.5 Å². The van der Waals surface area contributed by atoms with Crippen molar-refractivity contribution in [2.45, 2.75) is 31.1 Å². The molecule has 0 heterocycles. The minimum absolute atomic E-state index is 0.102. The molecule has 0 saturated heterocycles. The molecule has 0 amide bonds. The zero-order chi connectivity index (χ0) is 17.4. The number of halogens is 3. The second-order valence-corrected chi connectivity index (χ2v) is 7.79. The van der Waals surface area contributed by atoms with Crippen molar-refractivity contribution in [3.8, 4) is 0 Å². The fourth-order valence-corrected chi connectivity index (χ4v) is 3.00. The Morgan fingerprint density at radius 1 is 0.870 bits per heavy atom. The van der Waals surface area contributed by atoms with Crippen molar-refractivity contribution in [1.82, 2.24) is 0 Å². The summed E-state index contributed by atoms with van der Waals surface area (Å²) in [4.78, 5) is -0.102. The van der Waals surface area contributed by atoms with Crippen LogP contribution in [0.15, 0.2) is 41.3 Å². The van der Waals surface area contributed by atoms with E-state index in [1.807, 2.05) is 25.5 Å². The average molecular weight is 343 g/mol. The third-order valence-electron chi connectivity index (χ3n) is 3.31. The van der Waals surface area contributed by atoms with Gasteiger partial charge in [0.15, 0.2) is 17.5 Å². The zero-order valence-electron chi connectivity index (χ0n) is 12.8. The van der Waals surface area contributed by atoms with Gasteiger partial charge in [-0.1, -0.05) is 32.9 Å². The average Bonchev–Trinajstić information content (AvgIpc) is 2.47. The Balaban J connectivity index is 2.35. The number of hydrogen-bond donors (Lipinski definition) is 1. The molecule has 7 heteroatoms. The fraction of sp³-hybridized carbons (Fsp3) is 0.250. The summed E-state index contributed by atoms with van der Waals surface area (Å²) in [5.41, 5.74) is 0.126. The molecule has 124 valence electrons. The van der Waals surface area contributed by atoms with Crippen LogP contribution < -0.4 is 4.72 Å². The van der Waals surface area contributed by atoms with Crippen LogP contribution in [-0.2, 0) is 15.4 Å². The van der Waals surface area contributed by atoms with E-state index < -0.39 is 33.2 Å². The van der Waals surface area contributed by atoms with Gasteiger partial charge in [0.1, 0.15) is 0 Å². The van der Waals surface area contributed by atoms with Gasteiger partial charge in [0.05, 0.1) is 10.6 Å². The van der Waals surface area contributed by atoms with Crippen molar-refractivity contribution < 1.29 is 21.6 Å². The molecule has 0 radical (unpaired) electrons. The lowest BCUT2D eigenvalue weighted by Gasteiger charge is -2.19. The summed E-state index contributed by atoms with van der Waals surface area (Å²) in [5.74, 6) is -4.70. The number of nitrogens with one attached hydrogen (secondary N) is 1. The maximum atomic E-state index is 13.6. The van der Waals surface area contributed by atoms with E-state index in [-0.39, 0.29) is 10.3 Å². The summed E-state index contributed by atoms with van der Waals surface area (Å²) in [6.45, 7) is 5.93. The monoisotopic (exact) mass is 343 g/mol. The first kappa shape index (κ1) is 17.3. The molecule has 23 heavy (non-hydrogen) atoms. The Hall–Kier alpha value is -2.02. The molecule has 2 aromatic carbocycles. The Bertz CT molecular complexity index is 826. The normalized spacial score (nSPS) is 12.3. The lowest BCUT2D eigenvalue weighted by atomic mass is 9.87. The van der Waals surface area contributed by atoms with Crippen LogP contribution in [0.25, 0.3) is 0 Å². The van der Waals surface area contributed by atoms with Crippen molar-refractivity contribution in [2.75, 3.05) is 4.72 Å². The van der Waals surface area contributed by atoms with Gasteiger partial charge in [-0.05, 0) is 35.2 Å². The van der Waals surface area contributed by atoms with Gasteiger partial charge in [-0.3, -0.25) is 4.72 Å². The fourth-order valence-electron chi connectivity index (χ4n) is 1.94. The second kappa shape index (κ2) is 5.88. The molecule has 0 aliphatic heterocycles. The van der Waals surface area contributed by atoms with Crippen molar-refractivity contribution in [2.24, 2.45) is 0 Å². The van der Waals surface area contributed by atoms with Crippen LogP contribution in [0.1, 0.15) is 26.3 Å². The van der Waals surface area contributed by atoms with Crippen LogP contribution in [0.5, 0.6) is 0 Å². The lowest BCUT2D eigenvalue weighted by Crippen LogP contribution is -2.16. The molecule has 0 aromatic heterocycles. The van der Waals surface area contributed by atoms with Gasteiger partial charge in [-0.15, -0.1) is 0 Å². The molecule has 0 saturated carbocycles. The van der Waals surface area contributed by atoms with Crippen molar-refractivity contribution in [1.29, 1.82) is 0 Å². The molecule has 0 aliphatic carbocycles. The third-order valence-corrected chi connectivity index (χ3v) is 4.69. The Morgan fingerprint density at radius 3 is 1.96 bits per heavy atom. The van der Waals surface area contributed by atoms with Crippen LogP contribution in [-0.4, -0.2) is 8.42 Å². The first-order valence-corrected chi connectivity index (χ1v) is 8.27. The van der Waals surface area contributed by atoms with Gasteiger partial charge in [0.25, 0.3) is 10.0 Å². The number of sulfonamides is 1. The first-order chi connectivity index (χ1) is 10.5. The van der Waals surface area contributed by atoms with E-state index in [9.17, 15) is 21.6 Å². The smallest absolute Gasteiger partial charge is 0.261 e. The molecule has 2 rings (SSSR count). The van der Waals surface area contributed by atoms with E-state index in [4.69, 9.17) is 0 Å². The van der Waals surface area contributed by atoms with E-state index in [1.165, 1.54) is 12.1 Å². The number of benzene rings is 2. The maximum Gasteiger partial charge on any atom is 0.261 e. The van der Waals surface area contributed by atoms with Crippen molar-refractivity contribution in [3.05, 3.63) is 59.4 Å². The summed E-state index contributed by atoms with van der Waals surface area (Å²) in [5, 5.41) is 0. The molecule has 0 unspecified atom stereocenters. The molecule has 0 bridgehead atoms. The predicted molar refractivity (Wildman–Crippen MR) is 82.3 cm³/mol. The molecule has 3 nitrogen and oxygen atoms in total. The molecule has 0 fully saturated rings. The first-order valence-electron chi connectivity index (χ1n) is 6.79. The van der Waals surface area contributed by atoms with E-state index >= 15 is 0 Å². The SMILES string of the molecule is CC(C)(C)c1ccc(S(=O)(=O)Nc2ccc(F)c(F)c2F)cc1. The molecular weight excluding hydrogens is 327 g/mol. The number of anilines is 1. The molecule has 0 spiro atoms. The topological polar surface area (TPSA) is 46.2 Å². The van der Waals surface area contributed by atoms with Crippen molar-refractivity contribution >= 4 is 15.7 Å². The summed E-state index contributed by atoms with van der Waals surface area (Å²) in [6.07, 6.45) is 0. The molecular formula is C16H16F3NO2S. The van der Waals surface area contributed by atoms with E-state index in [1.54, 1.807) is 12.1 Å². The standard InChI is InChI=1S/C16H16F3NO2S/c1-16(2,3)10-4-6-11(7-5-10)23(21,22)20-13-9-8-12(17)14(18)15(13)19/h4-9,20H,1-3H3. The second-order valence-electron chi connectivity index (χ2n) is 6.10. The van der Waals surface area contributed by atoms with E-state index in [0.717, 1.165) is 11.6 Å². The summed E-state index contributed by atoms with van der Waals surface area (Å²) < 4.78 is 66.0. The Labute approximate surface area is 133 Å². The largest absolute Gasteiger partial charge is 0.277 e. The Morgan fingerprint density at radius 2 is 1.43 bits per heavy atom. The minimum Gasteiger partial charge on any atom is -0.277 e. The highest BCUT2D eigenvalue weighted by Gasteiger charge is 2.21. The van der Waals surface area contributed by atoms with Crippen LogP contribution in [0.3, 0.4) is 0 Å². The van der Waals surface area contributed by atoms with Gasteiger partial charge >= 0.3 is 0 Å². The van der Waals surface area contributed by atoms with Gasteiger partial charge in [0.2, 0.25) is 0 Å². The highest BCUT2D eigenvalue weighted by atomic mass is 32.2. The van der Waals surface area contributed by atoms with E-state index in [0.29, 0.717) is 6.07 Å². The Kier molecular flexibility index (Phi) is 4.43. The molecule has 2 aromatic rings. The molecule has 0 atom stereocenters. The molecule has 1 N–H and O–H groups in total. The zero-order valence-corrected chi connectivity index (χ0v) is 13.6. The maximum absolute atomic E-state index is 13.6. The highest BCUT2D eigenvalue weighted by molar-refractivity contribution is 7.92. The van der Waals surface area contributed by atoms with E-state index in [2.05, 4.69) is 0 Å².